The number of fused-ring (bicyclic) bond motifs is 1. The van der Waals surface area contributed by atoms with Crippen LogP contribution in [0.3, 0.4) is 0 Å². The van der Waals surface area contributed by atoms with Crippen LogP contribution in [0.15, 0.2) is 60.9 Å². The summed E-state index contributed by atoms with van der Waals surface area (Å²) in [6, 6.07) is 18.1. The molecule has 3 aliphatic heterocycles. The van der Waals surface area contributed by atoms with Gasteiger partial charge >= 0.3 is 0 Å². The second-order valence-corrected chi connectivity index (χ2v) is 14.7. The molecule has 44 heavy (non-hydrogen) atoms. The molecule has 1 aliphatic carbocycles. The van der Waals surface area contributed by atoms with Crippen molar-refractivity contribution in [3.63, 3.8) is 0 Å². The number of anilines is 2. The maximum Gasteiger partial charge on any atom is 0.179 e. The molecular formula is C36H50N6OS. The van der Waals surface area contributed by atoms with E-state index < -0.39 is 0 Å². The molecule has 0 N–H and O–H groups in total. The first-order chi connectivity index (χ1) is 21.5. The Bertz CT molecular complexity index is 1380. The largest absolute Gasteiger partial charge is 0.405 e. The van der Waals surface area contributed by atoms with Gasteiger partial charge in [-0.1, -0.05) is 44.0 Å². The standard InChI is InChI=1S/C36H50N6OS/c1-4-40-25-29-9-5-8-12-35(29)36(27-40,30-10-6-7-11-30)31-17-19-41(20-18-31)22-28-23-42(24-28)32-13-15-34(16-14-32)43-44-39(3)33-21-37-38(2)26-33/h5,8-9,12-16,21,26,28,30-31H,4,6-7,10-11,17-20,22-25,27H2,1-3H3. The van der Waals surface area contributed by atoms with Gasteiger partial charge in [-0.15, -0.1) is 0 Å². The molecule has 1 unspecified atom stereocenters. The maximum atomic E-state index is 5.94. The van der Waals surface area contributed by atoms with Crippen molar-refractivity contribution >= 4 is 23.6 Å². The van der Waals surface area contributed by atoms with E-state index in [1.54, 1.807) is 15.8 Å². The quantitative estimate of drug-likeness (QED) is 0.188. The second-order valence-electron chi connectivity index (χ2n) is 13.8. The van der Waals surface area contributed by atoms with E-state index in [0.717, 1.165) is 55.4 Å². The van der Waals surface area contributed by atoms with Crippen LogP contribution >= 0.6 is 12.2 Å². The average molecular weight is 615 g/mol. The van der Waals surface area contributed by atoms with Crippen LogP contribution in [-0.4, -0.2) is 72.4 Å². The zero-order chi connectivity index (χ0) is 30.1. The van der Waals surface area contributed by atoms with Crippen LogP contribution < -0.4 is 13.4 Å². The first kappa shape index (κ1) is 30.0. The van der Waals surface area contributed by atoms with E-state index in [1.807, 2.05) is 30.8 Å². The molecule has 7 nitrogen and oxygen atoms in total. The van der Waals surface area contributed by atoms with Crippen molar-refractivity contribution in [2.75, 3.05) is 62.1 Å². The summed E-state index contributed by atoms with van der Waals surface area (Å²) in [5, 5.41) is 4.23. The molecule has 236 valence electrons. The van der Waals surface area contributed by atoms with Crippen LogP contribution in [0.1, 0.15) is 56.6 Å². The monoisotopic (exact) mass is 614 g/mol. The Morgan fingerprint density at radius 2 is 1.68 bits per heavy atom. The van der Waals surface area contributed by atoms with E-state index in [-0.39, 0.29) is 0 Å². The van der Waals surface area contributed by atoms with Gasteiger partial charge in [-0.05, 0) is 92.5 Å². The van der Waals surface area contributed by atoms with Crippen molar-refractivity contribution in [3.05, 3.63) is 72.1 Å². The number of piperidine rings is 1. The number of likely N-dealkylation sites (tertiary alicyclic amines) is 1. The fourth-order valence-electron chi connectivity index (χ4n) is 8.88. The average Bonchev–Trinajstić information content (AvgIpc) is 3.74. The lowest BCUT2D eigenvalue weighted by Crippen LogP contribution is -2.57. The first-order valence-electron chi connectivity index (χ1n) is 17.0. The van der Waals surface area contributed by atoms with Gasteiger partial charge in [0.05, 0.1) is 11.9 Å². The minimum atomic E-state index is 0.350. The summed E-state index contributed by atoms with van der Waals surface area (Å²) < 4.78 is 9.72. The summed E-state index contributed by atoms with van der Waals surface area (Å²) >= 11 is 1.32. The van der Waals surface area contributed by atoms with Gasteiger partial charge in [0, 0.05) is 70.0 Å². The molecule has 0 bridgehead atoms. The Morgan fingerprint density at radius 3 is 2.39 bits per heavy atom. The molecule has 0 spiro atoms. The van der Waals surface area contributed by atoms with Crippen LogP contribution in [0.5, 0.6) is 5.75 Å². The number of aryl methyl sites for hydroxylation is 1. The summed E-state index contributed by atoms with van der Waals surface area (Å²) in [7, 11) is 3.91. The van der Waals surface area contributed by atoms with Crippen molar-refractivity contribution in [2.45, 2.75) is 57.4 Å². The lowest BCUT2D eigenvalue weighted by atomic mass is 9.57. The van der Waals surface area contributed by atoms with Crippen LogP contribution in [0.4, 0.5) is 11.4 Å². The molecule has 0 amide bonds. The second kappa shape index (κ2) is 13.0. The third-order valence-electron chi connectivity index (χ3n) is 11.2. The van der Waals surface area contributed by atoms with Crippen LogP contribution in [-0.2, 0) is 19.0 Å². The molecule has 1 saturated carbocycles. The maximum absolute atomic E-state index is 5.94. The highest BCUT2D eigenvalue weighted by Gasteiger charge is 2.51. The predicted molar refractivity (Wildman–Crippen MR) is 182 cm³/mol. The normalized spacial score (nSPS) is 23.9. The summed E-state index contributed by atoms with van der Waals surface area (Å²) in [5.74, 6) is 3.29. The van der Waals surface area contributed by atoms with Crippen molar-refractivity contribution in [2.24, 2.45) is 24.8 Å². The smallest absolute Gasteiger partial charge is 0.179 e. The highest BCUT2D eigenvalue weighted by molar-refractivity contribution is 7.96. The molecule has 8 heteroatoms. The molecule has 4 heterocycles. The van der Waals surface area contributed by atoms with E-state index >= 15 is 0 Å². The predicted octanol–water partition coefficient (Wildman–Crippen LogP) is 6.61. The Morgan fingerprint density at radius 1 is 0.955 bits per heavy atom. The van der Waals surface area contributed by atoms with E-state index in [0.29, 0.717) is 5.41 Å². The van der Waals surface area contributed by atoms with Gasteiger partial charge in [-0.25, -0.2) is 0 Å². The first-order valence-corrected chi connectivity index (χ1v) is 17.7. The summed E-state index contributed by atoms with van der Waals surface area (Å²) in [6.45, 7) is 12.0. The van der Waals surface area contributed by atoms with Gasteiger partial charge in [-0.3, -0.25) is 13.9 Å². The SMILES string of the molecule is CCN1Cc2ccccc2C(C2CCCC2)(C2CCN(CC3CN(c4ccc(OSN(C)c5cnn(C)c5)cc4)C3)CC2)C1. The molecule has 3 fully saturated rings. The lowest BCUT2D eigenvalue weighted by molar-refractivity contribution is 0.0359. The number of benzene rings is 2. The molecule has 7 rings (SSSR count). The number of nitrogens with zero attached hydrogens (tertiary/aromatic N) is 6. The van der Waals surface area contributed by atoms with Crippen molar-refractivity contribution in [1.82, 2.24) is 19.6 Å². The Labute approximate surface area is 268 Å². The van der Waals surface area contributed by atoms with Crippen LogP contribution in [0.25, 0.3) is 0 Å². The Balaban J connectivity index is 0.915. The molecule has 0 radical (unpaired) electrons. The van der Waals surface area contributed by atoms with E-state index in [2.05, 4.69) is 75.3 Å². The molecule has 1 aromatic heterocycles. The van der Waals surface area contributed by atoms with E-state index in [9.17, 15) is 0 Å². The van der Waals surface area contributed by atoms with E-state index in [1.165, 1.54) is 82.6 Å². The topological polar surface area (TPSA) is 40.0 Å². The summed E-state index contributed by atoms with van der Waals surface area (Å²) in [4.78, 5) is 8.07. The molecule has 1 atom stereocenters. The fraction of sp³-hybridized carbons (Fsp3) is 0.583. The number of aromatic nitrogens is 2. The van der Waals surface area contributed by atoms with Crippen molar-refractivity contribution in [3.8, 4) is 5.75 Å². The Kier molecular flexibility index (Phi) is 8.84. The zero-order valence-corrected chi connectivity index (χ0v) is 27.7. The van der Waals surface area contributed by atoms with Gasteiger partial charge in [-0.2, -0.15) is 5.10 Å². The summed E-state index contributed by atoms with van der Waals surface area (Å²) in [6.07, 6.45) is 12.2. The minimum absolute atomic E-state index is 0.350. The lowest BCUT2D eigenvalue weighted by Gasteiger charge is -2.54. The van der Waals surface area contributed by atoms with Crippen molar-refractivity contribution in [1.29, 1.82) is 0 Å². The highest BCUT2D eigenvalue weighted by atomic mass is 32.2. The zero-order valence-electron chi connectivity index (χ0n) is 26.9. The fourth-order valence-corrected chi connectivity index (χ4v) is 9.37. The van der Waals surface area contributed by atoms with Gasteiger partial charge in [0.1, 0.15) is 5.75 Å². The number of rotatable bonds is 10. The van der Waals surface area contributed by atoms with Crippen LogP contribution in [0.2, 0.25) is 0 Å². The molecule has 2 saturated heterocycles. The van der Waals surface area contributed by atoms with Gasteiger partial charge in [0.25, 0.3) is 0 Å². The third kappa shape index (κ3) is 5.97. The van der Waals surface area contributed by atoms with Crippen LogP contribution in [0, 0.1) is 17.8 Å². The summed E-state index contributed by atoms with van der Waals surface area (Å²) in [5.41, 5.74) is 6.00. The number of hydrogen-bond acceptors (Lipinski definition) is 7. The van der Waals surface area contributed by atoms with E-state index in [4.69, 9.17) is 4.18 Å². The molecule has 2 aromatic carbocycles. The number of hydrogen-bond donors (Lipinski definition) is 0. The van der Waals surface area contributed by atoms with Gasteiger partial charge in [0.2, 0.25) is 0 Å². The minimum Gasteiger partial charge on any atom is -0.405 e. The van der Waals surface area contributed by atoms with Gasteiger partial charge < -0.3 is 14.0 Å². The third-order valence-corrected chi connectivity index (χ3v) is 11.9. The van der Waals surface area contributed by atoms with Gasteiger partial charge in [0.15, 0.2) is 12.2 Å². The molecule has 3 aromatic rings. The number of likely N-dealkylation sites (N-methyl/N-ethyl adjacent to an activating group) is 1. The van der Waals surface area contributed by atoms with Crippen molar-refractivity contribution < 1.29 is 4.18 Å². The molecular weight excluding hydrogens is 565 g/mol. The molecule has 4 aliphatic rings. The Hall–Kier alpha value is -2.68. The highest BCUT2D eigenvalue weighted by Crippen LogP contribution is 2.53.